The molecule has 2 fully saturated rings. The van der Waals surface area contributed by atoms with Crippen molar-refractivity contribution in [2.45, 2.75) is 18.5 Å². The van der Waals surface area contributed by atoms with Gasteiger partial charge >= 0.3 is 0 Å². The van der Waals surface area contributed by atoms with Crippen LogP contribution in [0.3, 0.4) is 0 Å². The van der Waals surface area contributed by atoms with Crippen LogP contribution in [0.4, 0.5) is 0 Å². The highest BCUT2D eigenvalue weighted by molar-refractivity contribution is 7.11. The Kier molecular flexibility index (Phi) is 5.62. The number of hydrogen-bond donors (Lipinski definition) is 1. The van der Waals surface area contributed by atoms with Crippen molar-refractivity contribution >= 4 is 34.1 Å². The number of thiazole rings is 1. The molecule has 0 spiro atoms. The van der Waals surface area contributed by atoms with Crippen LogP contribution in [0.15, 0.2) is 66.3 Å². The van der Waals surface area contributed by atoms with Gasteiger partial charge in [-0.3, -0.25) is 9.59 Å². The summed E-state index contributed by atoms with van der Waals surface area (Å²) in [5, 5.41) is 7.17. The summed E-state index contributed by atoms with van der Waals surface area (Å²) in [4.78, 5) is 33.6. The number of likely N-dealkylation sites (tertiary alicyclic amines) is 2. The van der Waals surface area contributed by atoms with Gasteiger partial charge in [0.2, 0.25) is 0 Å². The number of aromatic nitrogens is 2. The standard InChI is InChI=1S/C27H27N5O2S/c1-30-17-23(18-5-3-2-4-6-18)22-8-7-19(13-24(22)30)26(33)32-15-21(16-32)29-20-9-11-31(14-20)27(34)25-28-10-12-35-25/h2-8,10,12-13,17,20-21,29H,9,11,14-16H2,1H3. The van der Waals surface area contributed by atoms with Crippen molar-refractivity contribution in [2.75, 3.05) is 26.2 Å². The summed E-state index contributed by atoms with van der Waals surface area (Å²) in [5.41, 5.74) is 4.13. The van der Waals surface area contributed by atoms with E-state index in [2.05, 4.69) is 39.3 Å². The Morgan fingerprint density at radius 1 is 1.00 bits per heavy atom. The predicted octanol–water partition coefficient (Wildman–Crippen LogP) is 3.63. The fourth-order valence-corrected chi connectivity index (χ4v) is 5.78. The normalized spacial score (nSPS) is 18.3. The lowest BCUT2D eigenvalue weighted by atomic mass is 10.0. The molecule has 6 rings (SSSR count). The van der Waals surface area contributed by atoms with Crippen LogP contribution in [0.25, 0.3) is 22.0 Å². The Morgan fingerprint density at radius 3 is 2.57 bits per heavy atom. The Balaban J connectivity index is 1.07. The lowest BCUT2D eigenvalue weighted by Gasteiger charge is -2.41. The molecule has 2 aromatic heterocycles. The molecule has 4 heterocycles. The summed E-state index contributed by atoms with van der Waals surface area (Å²) in [7, 11) is 2.02. The summed E-state index contributed by atoms with van der Waals surface area (Å²) in [6, 6.07) is 16.9. The molecule has 4 aromatic rings. The van der Waals surface area contributed by atoms with E-state index < -0.39 is 0 Å². The van der Waals surface area contributed by atoms with Crippen LogP contribution in [0.5, 0.6) is 0 Å². The van der Waals surface area contributed by atoms with Crippen LogP contribution in [0.1, 0.15) is 26.6 Å². The third kappa shape index (κ3) is 4.13. The molecule has 2 aliphatic heterocycles. The van der Waals surface area contributed by atoms with Crippen molar-refractivity contribution in [3.63, 3.8) is 0 Å². The molecule has 8 heteroatoms. The van der Waals surface area contributed by atoms with E-state index in [1.165, 1.54) is 22.5 Å². The molecule has 7 nitrogen and oxygen atoms in total. The fourth-order valence-electron chi connectivity index (χ4n) is 5.18. The number of amides is 2. The Bertz CT molecular complexity index is 1380. The van der Waals surface area contributed by atoms with Gasteiger partial charge in [-0.1, -0.05) is 36.4 Å². The number of nitrogens with one attached hydrogen (secondary N) is 1. The van der Waals surface area contributed by atoms with E-state index in [1.54, 1.807) is 6.20 Å². The maximum Gasteiger partial charge on any atom is 0.282 e. The van der Waals surface area contributed by atoms with Crippen LogP contribution in [-0.4, -0.2) is 69.4 Å². The van der Waals surface area contributed by atoms with Crippen molar-refractivity contribution in [1.82, 2.24) is 24.7 Å². The largest absolute Gasteiger partial charge is 0.350 e. The van der Waals surface area contributed by atoms with Crippen LogP contribution >= 0.6 is 11.3 Å². The summed E-state index contributed by atoms with van der Waals surface area (Å²) in [6.07, 6.45) is 4.72. The molecule has 1 atom stereocenters. The number of aryl methyl sites for hydroxylation is 1. The third-order valence-corrected chi connectivity index (χ3v) is 7.81. The highest BCUT2D eigenvalue weighted by Gasteiger charge is 2.35. The van der Waals surface area contributed by atoms with Gasteiger partial charge in [0.15, 0.2) is 5.01 Å². The van der Waals surface area contributed by atoms with E-state index >= 15 is 0 Å². The second-order valence-electron chi connectivity index (χ2n) is 9.40. The van der Waals surface area contributed by atoms with Gasteiger partial charge in [-0.25, -0.2) is 4.98 Å². The number of fused-ring (bicyclic) bond motifs is 1. The quantitative estimate of drug-likeness (QED) is 0.469. The average molecular weight is 486 g/mol. The molecule has 2 aromatic carbocycles. The zero-order chi connectivity index (χ0) is 23.9. The van der Waals surface area contributed by atoms with E-state index in [0.717, 1.165) is 29.4 Å². The minimum absolute atomic E-state index is 0.0150. The second-order valence-corrected chi connectivity index (χ2v) is 10.3. The first-order valence-corrected chi connectivity index (χ1v) is 12.8. The minimum atomic E-state index is 0.0150. The van der Waals surface area contributed by atoms with Crippen molar-refractivity contribution in [2.24, 2.45) is 7.05 Å². The highest BCUT2D eigenvalue weighted by atomic mass is 32.1. The number of rotatable bonds is 5. The first-order valence-electron chi connectivity index (χ1n) is 12.0. The maximum atomic E-state index is 13.1. The van der Waals surface area contributed by atoms with E-state index in [-0.39, 0.29) is 23.9 Å². The number of nitrogens with zero attached hydrogens (tertiary/aromatic N) is 4. The first-order chi connectivity index (χ1) is 17.1. The molecule has 2 aliphatic rings. The van der Waals surface area contributed by atoms with Crippen LogP contribution in [0.2, 0.25) is 0 Å². The highest BCUT2D eigenvalue weighted by Crippen LogP contribution is 2.31. The molecule has 0 bridgehead atoms. The van der Waals surface area contributed by atoms with Gasteiger partial charge in [-0.05, 0) is 24.1 Å². The van der Waals surface area contributed by atoms with Crippen molar-refractivity contribution in [1.29, 1.82) is 0 Å². The molecular formula is C27H27N5O2S. The van der Waals surface area contributed by atoms with Gasteiger partial charge in [0.25, 0.3) is 11.8 Å². The number of benzene rings is 2. The monoisotopic (exact) mass is 485 g/mol. The van der Waals surface area contributed by atoms with Gasteiger partial charge in [0.05, 0.1) is 0 Å². The predicted molar refractivity (Wildman–Crippen MR) is 138 cm³/mol. The van der Waals surface area contributed by atoms with Gasteiger partial charge in [0.1, 0.15) is 0 Å². The van der Waals surface area contributed by atoms with Crippen molar-refractivity contribution in [3.8, 4) is 11.1 Å². The summed E-state index contributed by atoms with van der Waals surface area (Å²) in [5.74, 6) is 0.0839. The molecule has 0 radical (unpaired) electrons. The molecular weight excluding hydrogens is 458 g/mol. The maximum absolute atomic E-state index is 13.1. The minimum Gasteiger partial charge on any atom is -0.350 e. The SMILES string of the molecule is Cn1cc(-c2ccccc2)c2ccc(C(=O)N3CC(NC4CCN(C(=O)c5nccs5)C4)C3)cc21. The zero-order valence-electron chi connectivity index (χ0n) is 19.6. The Labute approximate surface area is 208 Å². The average Bonchev–Trinajstić information content (AvgIpc) is 3.62. The Hall–Kier alpha value is -3.49. The summed E-state index contributed by atoms with van der Waals surface area (Å²) >= 11 is 1.38. The first kappa shape index (κ1) is 22.0. The van der Waals surface area contributed by atoms with E-state index in [1.807, 2.05) is 52.6 Å². The summed E-state index contributed by atoms with van der Waals surface area (Å²) in [6.45, 7) is 2.82. The molecule has 0 aliphatic carbocycles. The Morgan fingerprint density at radius 2 is 1.80 bits per heavy atom. The van der Waals surface area contributed by atoms with Crippen LogP contribution in [-0.2, 0) is 7.05 Å². The van der Waals surface area contributed by atoms with E-state index in [4.69, 9.17) is 0 Å². The van der Waals surface area contributed by atoms with Gasteiger partial charge in [0, 0.05) is 85.1 Å². The topological polar surface area (TPSA) is 70.5 Å². The fraction of sp³-hybridized carbons (Fsp3) is 0.296. The molecule has 2 saturated heterocycles. The molecule has 178 valence electrons. The molecule has 1 N–H and O–H groups in total. The van der Waals surface area contributed by atoms with Crippen molar-refractivity contribution in [3.05, 3.63) is 76.9 Å². The van der Waals surface area contributed by atoms with Gasteiger partial charge < -0.3 is 19.7 Å². The molecule has 0 saturated carbocycles. The molecule has 35 heavy (non-hydrogen) atoms. The number of carbonyl (C=O) groups excluding carboxylic acids is 2. The smallest absolute Gasteiger partial charge is 0.282 e. The van der Waals surface area contributed by atoms with E-state index in [9.17, 15) is 9.59 Å². The molecule has 1 unspecified atom stereocenters. The van der Waals surface area contributed by atoms with Gasteiger partial charge in [-0.15, -0.1) is 11.3 Å². The summed E-state index contributed by atoms with van der Waals surface area (Å²) < 4.78 is 2.09. The van der Waals surface area contributed by atoms with Crippen LogP contribution in [0, 0.1) is 0 Å². The number of hydrogen-bond acceptors (Lipinski definition) is 5. The van der Waals surface area contributed by atoms with Gasteiger partial charge in [-0.2, -0.15) is 0 Å². The molecule has 2 amide bonds. The lowest BCUT2D eigenvalue weighted by Crippen LogP contribution is -2.62. The third-order valence-electron chi connectivity index (χ3n) is 7.05. The van der Waals surface area contributed by atoms with Crippen LogP contribution < -0.4 is 5.32 Å². The van der Waals surface area contributed by atoms with E-state index in [0.29, 0.717) is 24.6 Å². The zero-order valence-corrected chi connectivity index (χ0v) is 20.4. The number of carbonyl (C=O) groups is 2. The second kappa shape index (κ2) is 8.94. The van der Waals surface area contributed by atoms with Crippen molar-refractivity contribution < 1.29 is 9.59 Å². The lowest BCUT2D eigenvalue weighted by molar-refractivity contribution is 0.0553.